The van der Waals surface area contributed by atoms with Crippen molar-refractivity contribution >= 4 is 27.6 Å². The van der Waals surface area contributed by atoms with Gasteiger partial charge >= 0.3 is 6.03 Å². The Labute approximate surface area is 189 Å². The maximum Gasteiger partial charge on any atom is 0.315 e. The molecule has 0 radical (unpaired) electrons. The molecule has 2 rings (SSSR count). The number of benzene rings is 2. The van der Waals surface area contributed by atoms with Gasteiger partial charge in [-0.3, -0.25) is 4.79 Å². The molecule has 0 atom stereocenters. The zero-order valence-electron chi connectivity index (χ0n) is 18.6. The minimum atomic E-state index is -3.52. The smallest absolute Gasteiger partial charge is 0.315 e. The van der Waals surface area contributed by atoms with E-state index >= 15 is 0 Å². The van der Waals surface area contributed by atoms with Crippen molar-refractivity contribution in [3.63, 3.8) is 0 Å². The number of sulfonamides is 1. The first-order chi connectivity index (χ1) is 15.3. The number of hydrogen-bond donors (Lipinski definition) is 3. The number of rotatable bonds is 11. The summed E-state index contributed by atoms with van der Waals surface area (Å²) in [5.41, 5.74) is 1.33. The van der Waals surface area contributed by atoms with Crippen molar-refractivity contribution in [1.82, 2.24) is 14.9 Å². The van der Waals surface area contributed by atoms with E-state index in [1.807, 2.05) is 6.92 Å². The third kappa shape index (κ3) is 7.24. The lowest BCUT2D eigenvalue weighted by atomic mass is 10.2. The van der Waals surface area contributed by atoms with Crippen LogP contribution >= 0.6 is 0 Å². The molecule has 0 unspecified atom stereocenters. The van der Waals surface area contributed by atoms with Crippen LogP contribution in [0.5, 0.6) is 5.75 Å². The van der Waals surface area contributed by atoms with Crippen molar-refractivity contribution in [3.05, 3.63) is 54.1 Å². The van der Waals surface area contributed by atoms with Gasteiger partial charge in [0.05, 0.1) is 18.0 Å². The minimum Gasteiger partial charge on any atom is -0.494 e. The molecule has 0 spiro atoms. The number of urea groups is 1. The van der Waals surface area contributed by atoms with Gasteiger partial charge in [-0.15, -0.1) is 0 Å². The Hall–Kier alpha value is -3.11. The Morgan fingerprint density at radius 2 is 1.53 bits per heavy atom. The van der Waals surface area contributed by atoms with Crippen LogP contribution in [-0.4, -0.2) is 50.9 Å². The highest BCUT2D eigenvalue weighted by molar-refractivity contribution is 7.89. The maximum absolute atomic E-state index is 12.5. The molecule has 0 saturated heterocycles. The van der Waals surface area contributed by atoms with Crippen molar-refractivity contribution in [2.24, 2.45) is 0 Å². The average molecular weight is 463 g/mol. The molecule has 0 aliphatic heterocycles. The Balaban J connectivity index is 1.78. The number of amides is 3. The van der Waals surface area contributed by atoms with Crippen molar-refractivity contribution in [2.75, 3.05) is 31.6 Å². The summed E-state index contributed by atoms with van der Waals surface area (Å²) in [5.74, 6) is 0.344. The summed E-state index contributed by atoms with van der Waals surface area (Å²) in [6.07, 6.45) is 0. The van der Waals surface area contributed by atoms with E-state index in [1.54, 1.807) is 50.2 Å². The average Bonchev–Trinajstić information content (AvgIpc) is 2.78. The number of nitrogens with one attached hydrogen (secondary N) is 3. The maximum atomic E-state index is 12.5. The molecule has 3 amide bonds. The second-order valence-corrected chi connectivity index (χ2v) is 8.71. The van der Waals surface area contributed by atoms with Crippen LogP contribution < -0.4 is 20.7 Å². The highest BCUT2D eigenvalue weighted by Crippen LogP contribution is 2.16. The first-order valence-corrected chi connectivity index (χ1v) is 11.9. The highest BCUT2D eigenvalue weighted by Gasteiger charge is 2.21. The van der Waals surface area contributed by atoms with Crippen LogP contribution in [0.4, 0.5) is 10.5 Å². The fraction of sp³-hybridized carbons (Fsp3) is 0.364. The Kier molecular flexibility index (Phi) is 9.48. The molecule has 0 fully saturated rings. The Morgan fingerprint density at radius 3 is 2.09 bits per heavy atom. The topological polar surface area (TPSA) is 117 Å². The quantitative estimate of drug-likeness (QED) is 0.475. The van der Waals surface area contributed by atoms with E-state index in [1.165, 1.54) is 16.4 Å². The summed E-state index contributed by atoms with van der Waals surface area (Å²) < 4.78 is 31.7. The van der Waals surface area contributed by atoms with Gasteiger partial charge in [-0.1, -0.05) is 26.0 Å². The highest BCUT2D eigenvalue weighted by atomic mass is 32.2. The molecule has 2 aromatic carbocycles. The van der Waals surface area contributed by atoms with E-state index in [0.717, 1.165) is 5.56 Å². The first-order valence-electron chi connectivity index (χ1n) is 10.4. The van der Waals surface area contributed by atoms with Crippen LogP contribution in [-0.2, 0) is 21.4 Å². The largest absolute Gasteiger partial charge is 0.494 e. The molecular formula is C22H30N4O5S. The van der Waals surface area contributed by atoms with Crippen LogP contribution in [0, 0.1) is 0 Å². The third-order valence-electron chi connectivity index (χ3n) is 4.58. The zero-order chi connectivity index (χ0) is 23.6. The lowest BCUT2D eigenvalue weighted by molar-refractivity contribution is -0.115. The molecule has 0 bridgehead atoms. The SMILES string of the molecule is CCOc1ccc(NC(=O)CNC(=O)NCc2ccc(S(=O)(=O)N(CC)CC)cc2)cc1. The van der Waals surface area contributed by atoms with E-state index in [0.29, 0.717) is 31.1 Å². The summed E-state index contributed by atoms with van der Waals surface area (Å²) in [6, 6.07) is 12.8. The second kappa shape index (κ2) is 12.1. The fourth-order valence-electron chi connectivity index (χ4n) is 2.90. The van der Waals surface area contributed by atoms with Crippen molar-refractivity contribution in [3.8, 4) is 5.75 Å². The van der Waals surface area contributed by atoms with Gasteiger partial charge in [0.25, 0.3) is 0 Å². The standard InChI is InChI=1S/C22H30N4O5S/c1-4-26(5-2)32(29,30)20-13-7-17(8-14-20)15-23-22(28)24-16-21(27)25-18-9-11-19(12-10-18)31-6-3/h7-14H,4-6,15-16H2,1-3H3,(H,25,27)(H2,23,24,28). The second-order valence-electron chi connectivity index (χ2n) is 6.78. The zero-order valence-corrected chi connectivity index (χ0v) is 19.4. The lowest BCUT2D eigenvalue weighted by Crippen LogP contribution is -2.39. The van der Waals surface area contributed by atoms with Crippen LogP contribution in [0.15, 0.2) is 53.4 Å². The first kappa shape index (κ1) is 25.2. The normalized spacial score (nSPS) is 11.1. The Bertz CT molecular complexity index is 988. The van der Waals surface area contributed by atoms with Gasteiger partial charge in [0.15, 0.2) is 0 Å². The van der Waals surface area contributed by atoms with Crippen molar-refractivity contribution < 1.29 is 22.7 Å². The van der Waals surface area contributed by atoms with Crippen LogP contribution in [0.1, 0.15) is 26.3 Å². The van der Waals surface area contributed by atoms with Crippen molar-refractivity contribution in [2.45, 2.75) is 32.2 Å². The predicted octanol–water partition coefficient (Wildman–Crippen LogP) is 2.55. The molecule has 9 nitrogen and oxygen atoms in total. The van der Waals surface area contributed by atoms with Crippen LogP contribution in [0.3, 0.4) is 0 Å². The fourth-order valence-corrected chi connectivity index (χ4v) is 4.36. The summed E-state index contributed by atoms with van der Waals surface area (Å²) in [7, 11) is -3.52. The van der Waals surface area contributed by atoms with E-state index in [-0.39, 0.29) is 23.9 Å². The Morgan fingerprint density at radius 1 is 0.906 bits per heavy atom. The van der Waals surface area contributed by atoms with Gasteiger partial charge in [0.2, 0.25) is 15.9 Å². The molecule has 0 heterocycles. The number of ether oxygens (including phenoxy) is 1. The molecule has 10 heteroatoms. The monoisotopic (exact) mass is 462 g/mol. The lowest BCUT2D eigenvalue weighted by Gasteiger charge is -2.18. The molecule has 32 heavy (non-hydrogen) atoms. The number of hydrogen-bond acceptors (Lipinski definition) is 5. The molecule has 0 saturated carbocycles. The van der Waals surface area contributed by atoms with Gasteiger partial charge in [-0.05, 0) is 48.9 Å². The van der Waals surface area contributed by atoms with E-state index < -0.39 is 16.1 Å². The molecule has 3 N–H and O–H groups in total. The van der Waals surface area contributed by atoms with Crippen LogP contribution in [0.2, 0.25) is 0 Å². The van der Waals surface area contributed by atoms with Crippen LogP contribution in [0.25, 0.3) is 0 Å². The third-order valence-corrected chi connectivity index (χ3v) is 6.64. The molecule has 2 aromatic rings. The molecule has 0 aliphatic carbocycles. The number of nitrogens with zero attached hydrogens (tertiary/aromatic N) is 1. The summed E-state index contributed by atoms with van der Waals surface area (Å²) in [6.45, 7) is 6.82. The van der Waals surface area contributed by atoms with Crippen molar-refractivity contribution in [1.29, 1.82) is 0 Å². The number of carbonyl (C=O) groups excluding carboxylic acids is 2. The molecule has 174 valence electrons. The predicted molar refractivity (Wildman–Crippen MR) is 123 cm³/mol. The van der Waals surface area contributed by atoms with E-state index in [9.17, 15) is 18.0 Å². The van der Waals surface area contributed by atoms with Gasteiger partial charge in [0.1, 0.15) is 5.75 Å². The van der Waals surface area contributed by atoms with Gasteiger partial charge in [0, 0.05) is 25.3 Å². The van der Waals surface area contributed by atoms with Gasteiger partial charge < -0.3 is 20.7 Å². The van der Waals surface area contributed by atoms with E-state index in [4.69, 9.17) is 4.74 Å². The number of anilines is 1. The molecule has 0 aromatic heterocycles. The summed E-state index contributed by atoms with van der Waals surface area (Å²) in [4.78, 5) is 24.2. The van der Waals surface area contributed by atoms with Gasteiger partial charge in [-0.25, -0.2) is 13.2 Å². The number of carbonyl (C=O) groups is 2. The van der Waals surface area contributed by atoms with Gasteiger partial charge in [-0.2, -0.15) is 4.31 Å². The molecular weight excluding hydrogens is 432 g/mol. The minimum absolute atomic E-state index is 0.192. The summed E-state index contributed by atoms with van der Waals surface area (Å²) in [5, 5.41) is 7.80. The van der Waals surface area contributed by atoms with E-state index in [2.05, 4.69) is 16.0 Å². The molecule has 0 aliphatic rings. The summed E-state index contributed by atoms with van der Waals surface area (Å²) >= 11 is 0.